The predicted octanol–water partition coefficient (Wildman–Crippen LogP) is 3.75. The summed E-state index contributed by atoms with van der Waals surface area (Å²) in [4.78, 5) is 0. The summed E-state index contributed by atoms with van der Waals surface area (Å²) in [6.45, 7) is 6.64. The molecule has 1 aliphatic rings. The first-order valence-corrected chi connectivity index (χ1v) is 7.55. The maximum Gasteiger partial charge on any atom is 0.0694 e. The van der Waals surface area contributed by atoms with Crippen LogP contribution in [0.25, 0.3) is 0 Å². The normalized spacial score (nSPS) is 19.9. The van der Waals surface area contributed by atoms with Crippen molar-refractivity contribution >= 4 is 0 Å². The van der Waals surface area contributed by atoms with E-state index in [0.29, 0.717) is 0 Å². The maximum absolute atomic E-state index is 6.28. The molecule has 0 spiro atoms. The van der Waals surface area contributed by atoms with Gasteiger partial charge in [0, 0.05) is 0 Å². The molecule has 0 aromatic rings. The molecule has 0 heterocycles. The molecular weight excluding hydrogens is 210 g/mol. The van der Waals surface area contributed by atoms with Gasteiger partial charge in [-0.3, -0.25) is 0 Å². The minimum absolute atomic E-state index is 0.239. The molecule has 0 aromatic carbocycles. The summed E-state index contributed by atoms with van der Waals surface area (Å²) in [5.74, 6) is 0.780. The number of ether oxygens (including phenoxy) is 1. The average molecular weight is 241 g/mol. The summed E-state index contributed by atoms with van der Waals surface area (Å²) in [5.41, 5.74) is 0.239. The first-order chi connectivity index (χ1) is 8.26. The van der Waals surface area contributed by atoms with Gasteiger partial charge in [0.2, 0.25) is 0 Å². The Morgan fingerprint density at radius 3 is 2.53 bits per heavy atom. The third-order valence-corrected chi connectivity index (χ3v) is 4.26. The molecule has 1 rings (SSSR count). The lowest BCUT2D eigenvalue weighted by atomic mass is 9.77. The van der Waals surface area contributed by atoms with Crippen LogP contribution in [-0.2, 0) is 4.74 Å². The smallest absolute Gasteiger partial charge is 0.0694 e. The molecule has 0 amide bonds. The zero-order chi connectivity index (χ0) is 12.6. The lowest BCUT2D eigenvalue weighted by molar-refractivity contribution is -0.116. The summed E-state index contributed by atoms with van der Waals surface area (Å²) in [5, 5.41) is 3.25. The number of hydrogen-bond acceptors (Lipinski definition) is 2. The van der Waals surface area contributed by atoms with Crippen molar-refractivity contribution < 1.29 is 4.74 Å². The van der Waals surface area contributed by atoms with Crippen LogP contribution in [-0.4, -0.2) is 25.8 Å². The van der Waals surface area contributed by atoms with Crippen LogP contribution in [0.15, 0.2) is 0 Å². The Labute approximate surface area is 108 Å². The fourth-order valence-corrected chi connectivity index (χ4v) is 2.58. The molecule has 2 heteroatoms. The van der Waals surface area contributed by atoms with Gasteiger partial charge in [-0.2, -0.15) is 0 Å². The van der Waals surface area contributed by atoms with Crippen LogP contribution in [0.2, 0.25) is 0 Å². The molecule has 2 nitrogen and oxygen atoms in total. The van der Waals surface area contributed by atoms with Crippen LogP contribution < -0.4 is 5.32 Å². The maximum atomic E-state index is 6.28. The largest absolute Gasteiger partial charge is 0.375 e. The second kappa shape index (κ2) is 8.10. The van der Waals surface area contributed by atoms with E-state index in [-0.39, 0.29) is 5.60 Å². The van der Waals surface area contributed by atoms with Crippen molar-refractivity contribution in [1.82, 2.24) is 5.32 Å². The van der Waals surface area contributed by atoms with Crippen molar-refractivity contribution in [2.24, 2.45) is 5.92 Å². The molecule has 0 aliphatic heterocycles. The van der Waals surface area contributed by atoms with E-state index in [4.69, 9.17) is 4.74 Å². The number of unbranched alkanes of at least 4 members (excludes halogenated alkanes) is 1. The van der Waals surface area contributed by atoms with Gasteiger partial charge in [0.1, 0.15) is 0 Å². The Balaban J connectivity index is 2.25. The molecule has 1 aliphatic carbocycles. The van der Waals surface area contributed by atoms with E-state index in [1.165, 1.54) is 51.4 Å². The molecule has 0 bridgehead atoms. The van der Waals surface area contributed by atoms with Crippen LogP contribution in [0, 0.1) is 5.92 Å². The SMILES string of the molecule is CCCCC(CC)COC1(CCNC)CCC1. The van der Waals surface area contributed by atoms with Crippen LogP contribution >= 0.6 is 0 Å². The van der Waals surface area contributed by atoms with E-state index < -0.39 is 0 Å². The van der Waals surface area contributed by atoms with Crippen LogP contribution in [0.3, 0.4) is 0 Å². The van der Waals surface area contributed by atoms with Crippen molar-refractivity contribution in [2.75, 3.05) is 20.2 Å². The fourth-order valence-electron chi connectivity index (χ4n) is 2.58. The summed E-state index contributed by atoms with van der Waals surface area (Å²) < 4.78 is 6.28. The number of rotatable bonds is 10. The summed E-state index contributed by atoms with van der Waals surface area (Å²) in [6.07, 6.45) is 10.4. The van der Waals surface area contributed by atoms with E-state index in [1.54, 1.807) is 0 Å². The Bertz CT molecular complexity index is 189. The van der Waals surface area contributed by atoms with Gasteiger partial charge in [-0.1, -0.05) is 33.1 Å². The zero-order valence-corrected chi connectivity index (χ0v) is 12.1. The average Bonchev–Trinajstić information content (AvgIpc) is 2.31. The van der Waals surface area contributed by atoms with E-state index in [0.717, 1.165) is 19.1 Å². The minimum Gasteiger partial charge on any atom is -0.375 e. The Morgan fingerprint density at radius 2 is 2.06 bits per heavy atom. The molecule has 1 saturated carbocycles. The van der Waals surface area contributed by atoms with Gasteiger partial charge < -0.3 is 10.1 Å². The molecule has 1 unspecified atom stereocenters. The lowest BCUT2D eigenvalue weighted by Gasteiger charge is -2.42. The first kappa shape index (κ1) is 15.0. The lowest BCUT2D eigenvalue weighted by Crippen LogP contribution is -2.43. The molecule has 0 aromatic heterocycles. The van der Waals surface area contributed by atoms with Gasteiger partial charge in [-0.15, -0.1) is 0 Å². The summed E-state index contributed by atoms with van der Waals surface area (Å²) in [6, 6.07) is 0. The highest BCUT2D eigenvalue weighted by Gasteiger charge is 2.37. The second-order valence-electron chi connectivity index (χ2n) is 5.62. The van der Waals surface area contributed by atoms with Gasteiger partial charge in [0.15, 0.2) is 0 Å². The molecule has 1 atom stereocenters. The highest BCUT2D eigenvalue weighted by molar-refractivity contribution is 4.90. The van der Waals surface area contributed by atoms with Crippen LogP contribution in [0.4, 0.5) is 0 Å². The van der Waals surface area contributed by atoms with E-state index >= 15 is 0 Å². The second-order valence-corrected chi connectivity index (χ2v) is 5.62. The van der Waals surface area contributed by atoms with Crippen molar-refractivity contribution in [1.29, 1.82) is 0 Å². The van der Waals surface area contributed by atoms with E-state index in [2.05, 4.69) is 19.2 Å². The molecule has 102 valence electrons. The summed E-state index contributed by atoms with van der Waals surface area (Å²) >= 11 is 0. The Hall–Kier alpha value is -0.0800. The first-order valence-electron chi connectivity index (χ1n) is 7.55. The van der Waals surface area contributed by atoms with Crippen LogP contribution in [0.1, 0.15) is 65.2 Å². The highest BCUT2D eigenvalue weighted by atomic mass is 16.5. The van der Waals surface area contributed by atoms with E-state index in [1.807, 2.05) is 7.05 Å². The third-order valence-electron chi connectivity index (χ3n) is 4.26. The molecule has 1 N–H and O–H groups in total. The minimum atomic E-state index is 0.239. The molecule has 1 fully saturated rings. The topological polar surface area (TPSA) is 21.3 Å². The van der Waals surface area contributed by atoms with Crippen LogP contribution in [0.5, 0.6) is 0 Å². The number of hydrogen-bond donors (Lipinski definition) is 1. The zero-order valence-electron chi connectivity index (χ0n) is 12.1. The van der Waals surface area contributed by atoms with Gasteiger partial charge in [-0.25, -0.2) is 0 Å². The fraction of sp³-hybridized carbons (Fsp3) is 1.00. The van der Waals surface area contributed by atoms with Crippen molar-refractivity contribution in [3.05, 3.63) is 0 Å². The standard InChI is InChI=1S/C15H31NO/c1-4-6-8-14(5-2)13-17-15(9-7-10-15)11-12-16-3/h14,16H,4-13H2,1-3H3. The predicted molar refractivity (Wildman–Crippen MR) is 74.4 cm³/mol. The molecular formula is C15H31NO. The van der Waals surface area contributed by atoms with Crippen molar-refractivity contribution in [3.63, 3.8) is 0 Å². The number of nitrogens with one attached hydrogen (secondary N) is 1. The Morgan fingerprint density at radius 1 is 1.29 bits per heavy atom. The van der Waals surface area contributed by atoms with Gasteiger partial charge >= 0.3 is 0 Å². The van der Waals surface area contributed by atoms with Gasteiger partial charge in [0.25, 0.3) is 0 Å². The van der Waals surface area contributed by atoms with E-state index in [9.17, 15) is 0 Å². The molecule has 0 radical (unpaired) electrons. The molecule has 0 saturated heterocycles. The summed E-state index contributed by atoms with van der Waals surface area (Å²) in [7, 11) is 2.03. The van der Waals surface area contributed by atoms with Gasteiger partial charge in [-0.05, 0) is 51.6 Å². The Kier molecular flexibility index (Phi) is 7.14. The quantitative estimate of drug-likeness (QED) is 0.629. The third kappa shape index (κ3) is 4.97. The van der Waals surface area contributed by atoms with Gasteiger partial charge in [0.05, 0.1) is 12.2 Å². The highest BCUT2D eigenvalue weighted by Crippen LogP contribution is 2.39. The monoisotopic (exact) mass is 241 g/mol. The molecule has 17 heavy (non-hydrogen) atoms. The van der Waals surface area contributed by atoms with Crippen molar-refractivity contribution in [3.8, 4) is 0 Å². The van der Waals surface area contributed by atoms with Crippen molar-refractivity contribution in [2.45, 2.75) is 70.8 Å².